The first-order valence-electron chi connectivity index (χ1n) is 5.70. The number of rotatable bonds is 5. The SMILES string of the molecule is CCC(O)(CC)CNc1ccc(N)c(C)n1. The zero-order valence-corrected chi connectivity index (χ0v) is 10.2. The minimum atomic E-state index is -0.656. The van der Waals surface area contributed by atoms with E-state index < -0.39 is 5.60 Å². The van der Waals surface area contributed by atoms with Crippen LogP contribution in [-0.4, -0.2) is 22.2 Å². The molecule has 1 heterocycles. The zero-order chi connectivity index (χ0) is 12.2. The van der Waals surface area contributed by atoms with Gasteiger partial charge < -0.3 is 16.2 Å². The summed E-state index contributed by atoms with van der Waals surface area (Å²) in [6.45, 7) is 6.34. The Morgan fingerprint density at radius 3 is 2.50 bits per heavy atom. The first-order chi connectivity index (χ1) is 7.50. The van der Waals surface area contributed by atoms with Crippen LogP contribution in [0.3, 0.4) is 0 Å². The third kappa shape index (κ3) is 3.10. The Balaban J connectivity index is 2.64. The number of nitrogens with two attached hydrogens (primary N) is 1. The van der Waals surface area contributed by atoms with Crippen LogP contribution in [0.4, 0.5) is 11.5 Å². The van der Waals surface area contributed by atoms with E-state index in [4.69, 9.17) is 5.73 Å². The molecule has 0 saturated heterocycles. The molecule has 0 aliphatic carbocycles. The number of aliphatic hydroxyl groups is 1. The zero-order valence-electron chi connectivity index (χ0n) is 10.2. The summed E-state index contributed by atoms with van der Waals surface area (Å²) in [6.07, 6.45) is 1.45. The van der Waals surface area contributed by atoms with Crippen LogP contribution in [0, 0.1) is 6.92 Å². The lowest BCUT2D eigenvalue weighted by Crippen LogP contribution is -2.35. The molecule has 0 aliphatic rings. The first kappa shape index (κ1) is 12.8. The fraction of sp³-hybridized carbons (Fsp3) is 0.583. The molecule has 0 saturated carbocycles. The van der Waals surface area contributed by atoms with E-state index in [0.717, 1.165) is 24.4 Å². The predicted molar refractivity (Wildman–Crippen MR) is 67.4 cm³/mol. The van der Waals surface area contributed by atoms with Gasteiger partial charge in [-0.3, -0.25) is 0 Å². The average molecular weight is 223 g/mol. The Kier molecular flexibility index (Phi) is 4.12. The van der Waals surface area contributed by atoms with Crippen LogP contribution in [0.25, 0.3) is 0 Å². The summed E-state index contributed by atoms with van der Waals surface area (Å²) in [5, 5.41) is 13.2. The molecule has 0 fully saturated rings. The van der Waals surface area contributed by atoms with Gasteiger partial charge in [0, 0.05) is 6.54 Å². The van der Waals surface area contributed by atoms with Crippen molar-refractivity contribution in [1.29, 1.82) is 0 Å². The van der Waals surface area contributed by atoms with Crippen LogP contribution in [0.15, 0.2) is 12.1 Å². The number of aryl methyl sites for hydroxylation is 1. The number of pyridine rings is 1. The normalized spacial score (nSPS) is 11.5. The van der Waals surface area contributed by atoms with Gasteiger partial charge in [-0.2, -0.15) is 0 Å². The Bertz CT molecular complexity index is 348. The largest absolute Gasteiger partial charge is 0.397 e. The molecule has 4 heteroatoms. The van der Waals surface area contributed by atoms with Crippen LogP contribution in [0.1, 0.15) is 32.4 Å². The fourth-order valence-electron chi connectivity index (χ4n) is 1.43. The monoisotopic (exact) mass is 223 g/mol. The lowest BCUT2D eigenvalue weighted by molar-refractivity contribution is 0.0456. The molecule has 4 N–H and O–H groups in total. The Morgan fingerprint density at radius 1 is 1.38 bits per heavy atom. The van der Waals surface area contributed by atoms with Gasteiger partial charge in [-0.15, -0.1) is 0 Å². The maximum absolute atomic E-state index is 10.1. The summed E-state index contributed by atoms with van der Waals surface area (Å²) < 4.78 is 0. The lowest BCUT2D eigenvalue weighted by Gasteiger charge is -2.25. The van der Waals surface area contributed by atoms with E-state index in [1.807, 2.05) is 32.9 Å². The van der Waals surface area contributed by atoms with Crippen molar-refractivity contribution in [2.75, 3.05) is 17.6 Å². The molecular weight excluding hydrogens is 202 g/mol. The van der Waals surface area contributed by atoms with E-state index in [1.165, 1.54) is 0 Å². The highest BCUT2D eigenvalue weighted by atomic mass is 16.3. The van der Waals surface area contributed by atoms with Crippen LogP contribution in [-0.2, 0) is 0 Å². The van der Waals surface area contributed by atoms with Crippen LogP contribution < -0.4 is 11.1 Å². The quantitative estimate of drug-likeness (QED) is 0.713. The van der Waals surface area contributed by atoms with Crippen LogP contribution >= 0.6 is 0 Å². The summed E-state index contributed by atoms with van der Waals surface area (Å²) in [5.74, 6) is 0.757. The van der Waals surface area contributed by atoms with Crippen molar-refractivity contribution in [2.24, 2.45) is 0 Å². The van der Waals surface area contributed by atoms with Crippen molar-refractivity contribution in [3.63, 3.8) is 0 Å². The maximum Gasteiger partial charge on any atom is 0.126 e. The molecule has 0 bridgehead atoms. The lowest BCUT2D eigenvalue weighted by atomic mass is 9.98. The number of nitrogen functional groups attached to an aromatic ring is 1. The molecule has 0 unspecified atom stereocenters. The van der Waals surface area contributed by atoms with E-state index in [1.54, 1.807) is 0 Å². The van der Waals surface area contributed by atoms with Gasteiger partial charge in [-0.25, -0.2) is 4.98 Å². The van der Waals surface area contributed by atoms with Gasteiger partial charge in [-0.1, -0.05) is 13.8 Å². The van der Waals surface area contributed by atoms with Crippen molar-refractivity contribution >= 4 is 11.5 Å². The van der Waals surface area contributed by atoms with Crippen molar-refractivity contribution in [1.82, 2.24) is 4.98 Å². The van der Waals surface area contributed by atoms with Crippen molar-refractivity contribution in [3.05, 3.63) is 17.8 Å². The molecule has 0 aliphatic heterocycles. The van der Waals surface area contributed by atoms with Crippen molar-refractivity contribution < 1.29 is 5.11 Å². The van der Waals surface area contributed by atoms with Gasteiger partial charge in [0.05, 0.1) is 17.0 Å². The summed E-state index contributed by atoms with van der Waals surface area (Å²) >= 11 is 0. The Morgan fingerprint density at radius 2 is 2.00 bits per heavy atom. The highest BCUT2D eigenvalue weighted by Gasteiger charge is 2.21. The minimum absolute atomic E-state index is 0.510. The average Bonchev–Trinajstić information content (AvgIpc) is 2.30. The molecule has 0 radical (unpaired) electrons. The van der Waals surface area contributed by atoms with Crippen LogP contribution in [0.5, 0.6) is 0 Å². The molecule has 0 spiro atoms. The molecular formula is C12H21N3O. The maximum atomic E-state index is 10.1. The van der Waals surface area contributed by atoms with Gasteiger partial charge in [-0.05, 0) is 31.9 Å². The molecule has 0 amide bonds. The molecule has 90 valence electrons. The van der Waals surface area contributed by atoms with Gasteiger partial charge in [0.1, 0.15) is 5.82 Å². The number of nitrogens with zero attached hydrogens (tertiary/aromatic N) is 1. The second kappa shape index (κ2) is 5.16. The molecule has 1 aromatic heterocycles. The van der Waals surface area contributed by atoms with Gasteiger partial charge in [0.2, 0.25) is 0 Å². The Hall–Kier alpha value is -1.29. The highest BCUT2D eigenvalue weighted by molar-refractivity contribution is 5.49. The second-order valence-corrected chi connectivity index (χ2v) is 4.16. The van der Waals surface area contributed by atoms with Gasteiger partial charge in [0.15, 0.2) is 0 Å². The Labute approximate surface area is 96.9 Å². The molecule has 0 aromatic carbocycles. The van der Waals surface area contributed by atoms with E-state index in [-0.39, 0.29) is 0 Å². The summed E-state index contributed by atoms with van der Waals surface area (Å²) in [5.41, 5.74) is 6.52. The number of aromatic nitrogens is 1. The number of hydrogen-bond donors (Lipinski definition) is 3. The van der Waals surface area contributed by atoms with Gasteiger partial charge in [0.25, 0.3) is 0 Å². The molecule has 1 aromatic rings. The third-order valence-electron chi connectivity index (χ3n) is 3.04. The number of hydrogen-bond acceptors (Lipinski definition) is 4. The summed E-state index contributed by atoms with van der Waals surface area (Å²) in [7, 11) is 0. The van der Waals surface area contributed by atoms with Gasteiger partial charge >= 0.3 is 0 Å². The van der Waals surface area contributed by atoms with E-state index in [0.29, 0.717) is 12.2 Å². The predicted octanol–water partition coefficient (Wildman–Crippen LogP) is 1.94. The molecule has 1 rings (SSSR count). The first-order valence-corrected chi connectivity index (χ1v) is 5.70. The highest BCUT2D eigenvalue weighted by Crippen LogP contribution is 2.17. The fourth-order valence-corrected chi connectivity index (χ4v) is 1.43. The minimum Gasteiger partial charge on any atom is -0.397 e. The number of nitrogens with one attached hydrogen (secondary N) is 1. The van der Waals surface area contributed by atoms with Crippen molar-refractivity contribution in [3.8, 4) is 0 Å². The molecule has 0 atom stereocenters. The van der Waals surface area contributed by atoms with E-state index >= 15 is 0 Å². The second-order valence-electron chi connectivity index (χ2n) is 4.16. The topological polar surface area (TPSA) is 71.2 Å². The summed E-state index contributed by atoms with van der Waals surface area (Å²) in [6, 6.07) is 3.65. The third-order valence-corrected chi connectivity index (χ3v) is 3.04. The molecule has 16 heavy (non-hydrogen) atoms. The standard InChI is InChI=1S/C12H21N3O/c1-4-12(16,5-2)8-14-11-7-6-10(13)9(3)15-11/h6-7,16H,4-5,8,13H2,1-3H3,(H,14,15). The van der Waals surface area contributed by atoms with Crippen LogP contribution in [0.2, 0.25) is 0 Å². The van der Waals surface area contributed by atoms with E-state index in [9.17, 15) is 5.11 Å². The smallest absolute Gasteiger partial charge is 0.126 e. The molecule has 4 nitrogen and oxygen atoms in total. The summed E-state index contributed by atoms with van der Waals surface area (Å²) in [4.78, 5) is 4.30. The van der Waals surface area contributed by atoms with Crippen molar-refractivity contribution in [2.45, 2.75) is 39.2 Å². The van der Waals surface area contributed by atoms with E-state index in [2.05, 4.69) is 10.3 Å². The number of anilines is 2.